The number of benzene rings is 3. The van der Waals surface area contributed by atoms with E-state index in [2.05, 4.69) is 68.1 Å². The monoisotopic (exact) mass is 1050 g/mol. The van der Waals surface area contributed by atoms with Gasteiger partial charge in [-0.15, -0.1) is 0 Å². The molecule has 6 rings (SSSR count). The summed E-state index contributed by atoms with van der Waals surface area (Å²) in [5, 5.41) is 44.9. The lowest BCUT2D eigenvalue weighted by Gasteiger charge is -2.28. The summed E-state index contributed by atoms with van der Waals surface area (Å²) in [7, 11) is 0. The molecule has 3 heterocycles. The third-order valence-corrected chi connectivity index (χ3v) is 12.6. The quantitative estimate of drug-likeness (QED) is 0.0289. The Balaban J connectivity index is 1.37. The van der Waals surface area contributed by atoms with Crippen LogP contribution in [0.2, 0.25) is 0 Å². The maximum absolute atomic E-state index is 14.8. The van der Waals surface area contributed by atoms with Crippen LogP contribution in [-0.2, 0) is 57.6 Å². The second-order valence-electron chi connectivity index (χ2n) is 18.4. The van der Waals surface area contributed by atoms with Crippen LogP contribution in [0.15, 0.2) is 85.5 Å². The molecule has 0 bridgehead atoms. The Labute approximate surface area is 437 Å². The van der Waals surface area contributed by atoms with Crippen LogP contribution in [0.5, 0.6) is 0 Å². The highest BCUT2D eigenvalue weighted by Gasteiger charge is 2.34. The second kappa shape index (κ2) is 27.9. The van der Waals surface area contributed by atoms with E-state index < -0.39 is 83.5 Å². The molecule has 1 aliphatic rings. The van der Waals surface area contributed by atoms with Gasteiger partial charge in [-0.2, -0.15) is 0 Å². The Bertz CT molecular complexity index is 2870. The van der Waals surface area contributed by atoms with E-state index in [1.54, 1.807) is 12.3 Å². The van der Waals surface area contributed by atoms with Crippen molar-refractivity contribution in [2.45, 2.75) is 101 Å². The van der Waals surface area contributed by atoms with Gasteiger partial charge in [0.1, 0.15) is 36.3 Å². The first-order chi connectivity index (χ1) is 36.5. The average molecular weight is 1050 g/mol. The van der Waals surface area contributed by atoms with Crippen molar-refractivity contribution in [1.82, 2.24) is 68.1 Å². The molecule has 6 atom stereocenters. The lowest BCUT2D eigenvalue weighted by molar-refractivity contribution is -0.135. The van der Waals surface area contributed by atoms with Gasteiger partial charge in [0.05, 0.1) is 12.0 Å². The molecule has 25 nitrogen and oxygen atoms in total. The number of rotatable bonds is 17. The van der Waals surface area contributed by atoms with Crippen LogP contribution >= 0.6 is 0 Å². The maximum atomic E-state index is 14.8. The number of fused-ring (bicyclic) bond motifs is 2. The molecule has 18 N–H and O–H groups in total. The average Bonchev–Trinajstić information content (AvgIpc) is 4.07. The topological polar surface area (TPSA) is 401 Å². The lowest BCUT2D eigenvalue weighted by atomic mass is 9.99. The van der Waals surface area contributed by atoms with Crippen LogP contribution in [0.4, 0.5) is 0 Å². The molecular weight excluding hydrogens is 979 g/mol. The number of guanidine groups is 2. The highest BCUT2D eigenvalue weighted by atomic mass is 16.2. The molecule has 0 radical (unpaired) electrons. The zero-order valence-corrected chi connectivity index (χ0v) is 42.1. The summed E-state index contributed by atoms with van der Waals surface area (Å²) in [5.74, 6) is -6.31. The largest absolute Gasteiger partial charge is 0.370 e. The highest BCUT2D eigenvalue weighted by molar-refractivity contribution is 5.98. The number of nitrogens with zero attached hydrogens (tertiary/aromatic N) is 1. The summed E-state index contributed by atoms with van der Waals surface area (Å²) in [5.41, 5.74) is 13.4. The van der Waals surface area contributed by atoms with E-state index in [0.717, 1.165) is 21.7 Å². The number of amides is 8. The maximum Gasteiger partial charge on any atom is 0.243 e. The molecule has 76 heavy (non-hydrogen) atoms. The van der Waals surface area contributed by atoms with Crippen molar-refractivity contribution < 1.29 is 38.4 Å². The third kappa shape index (κ3) is 17.3. The number of carbonyl (C=O) groups excluding carboxylic acids is 8. The molecule has 5 aromatic rings. The van der Waals surface area contributed by atoms with E-state index in [1.807, 2.05) is 60.7 Å². The van der Waals surface area contributed by atoms with Gasteiger partial charge in [0.2, 0.25) is 47.3 Å². The smallest absolute Gasteiger partial charge is 0.243 e. The number of H-pyrrole nitrogens is 2. The molecule has 1 saturated heterocycles. The summed E-state index contributed by atoms with van der Waals surface area (Å²) < 4.78 is 0. The van der Waals surface area contributed by atoms with Gasteiger partial charge in [0, 0.05) is 82.1 Å². The zero-order valence-electron chi connectivity index (χ0n) is 42.1. The van der Waals surface area contributed by atoms with E-state index >= 15 is 0 Å². The number of nitrogens with two attached hydrogens (primary N) is 2. The number of hydrogen-bond donors (Lipinski definition) is 16. The van der Waals surface area contributed by atoms with E-state index in [1.165, 1.54) is 19.4 Å². The Morgan fingerprint density at radius 1 is 0.711 bits per heavy atom. The van der Waals surface area contributed by atoms with Crippen molar-refractivity contribution in [2.75, 3.05) is 26.2 Å². The van der Waals surface area contributed by atoms with Gasteiger partial charge in [-0.3, -0.25) is 49.2 Å². The number of nitrogens with one attached hydrogen (secondary N) is 14. The number of hydrogen-bond acceptors (Lipinski definition) is 11. The molecule has 1 unspecified atom stereocenters. The van der Waals surface area contributed by atoms with Crippen LogP contribution in [-0.4, -0.2) is 137 Å². The summed E-state index contributed by atoms with van der Waals surface area (Å²) >= 11 is 0. The molecule has 2 aromatic heterocycles. The highest BCUT2D eigenvalue weighted by Crippen LogP contribution is 2.20. The number of imidazole rings is 1. The van der Waals surface area contributed by atoms with Crippen molar-refractivity contribution in [3.8, 4) is 0 Å². The van der Waals surface area contributed by atoms with Gasteiger partial charge < -0.3 is 74.6 Å². The molecule has 1 aliphatic heterocycles. The molecule has 0 saturated carbocycles. The van der Waals surface area contributed by atoms with Gasteiger partial charge in [0.25, 0.3) is 0 Å². The fraction of sp³-hybridized carbons (Fsp3) is 0.392. The summed E-state index contributed by atoms with van der Waals surface area (Å²) in [4.78, 5) is 123. The molecule has 3 aromatic carbocycles. The molecular formula is C51H67N17O8. The standard InChI is InChI=1S/C51H67N17O8/c1-29(69)63-37(12-6-18-59-50(52)53)45(72)65-39-16-17-43(70)57-20-21-58-44(71)41(24-33-26-61-36-11-5-4-10-35(33)36)67-46(73)38(13-7-19-60-51(54)55)64-48(75)40(23-30-14-15-31-8-2-3-9-32(31)22-30)66-49(76)42(68-47(39)74)25-34-27-56-28-62-34/h2-5,8-11,14-15,22,26-28,37-42,61H,6-7,12-13,16-21,23-25H2,1H3,(H,56,62)(H,57,70)(H,58,71)(H,63,69)(H,64,75)(H,65,72)(H,66,76)(H,67,73)(H,68,74)(H4,52,53,59)(H4,54,55,60)/t37-,38+,39+,40?,41+,42+/m1/s1. The predicted molar refractivity (Wildman–Crippen MR) is 283 cm³/mol. The van der Waals surface area contributed by atoms with Gasteiger partial charge in [-0.25, -0.2) is 4.98 Å². The van der Waals surface area contributed by atoms with E-state index in [-0.39, 0.29) is 95.9 Å². The van der Waals surface area contributed by atoms with Crippen LogP contribution in [0.3, 0.4) is 0 Å². The normalized spacial score (nSPS) is 19.8. The Morgan fingerprint density at radius 2 is 1.34 bits per heavy atom. The van der Waals surface area contributed by atoms with E-state index in [9.17, 15) is 38.4 Å². The fourth-order valence-corrected chi connectivity index (χ4v) is 8.71. The minimum atomic E-state index is -1.47. The van der Waals surface area contributed by atoms with Gasteiger partial charge >= 0.3 is 0 Å². The third-order valence-electron chi connectivity index (χ3n) is 12.6. The number of aromatic nitrogens is 3. The van der Waals surface area contributed by atoms with Gasteiger partial charge in [-0.1, -0.05) is 60.7 Å². The molecule has 0 aliphatic carbocycles. The fourth-order valence-electron chi connectivity index (χ4n) is 8.71. The van der Waals surface area contributed by atoms with E-state index in [4.69, 9.17) is 22.3 Å². The van der Waals surface area contributed by atoms with Crippen LogP contribution in [0.25, 0.3) is 21.7 Å². The second-order valence-corrected chi connectivity index (χ2v) is 18.4. The minimum Gasteiger partial charge on any atom is -0.370 e. The van der Waals surface area contributed by atoms with Crippen LogP contribution < -0.4 is 64.6 Å². The predicted octanol–water partition coefficient (Wildman–Crippen LogP) is -1.45. The molecule has 8 amide bonds. The Hall–Kier alpha value is -9.03. The van der Waals surface area contributed by atoms with E-state index in [0.29, 0.717) is 16.8 Å². The van der Waals surface area contributed by atoms with Gasteiger partial charge in [0.15, 0.2) is 11.9 Å². The summed E-state index contributed by atoms with van der Waals surface area (Å²) in [6, 6.07) is 12.5. The van der Waals surface area contributed by atoms with Crippen molar-refractivity contribution in [3.05, 3.63) is 102 Å². The van der Waals surface area contributed by atoms with Crippen molar-refractivity contribution in [1.29, 1.82) is 10.8 Å². The van der Waals surface area contributed by atoms with Crippen molar-refractivity contribution >= 4 is 80.9 Å². The summed E-state index contributed by atoms with van der Waals surface area (Å²) in [6.07, 6.45) is 4.26. The molecule has 404 valence electrons. The minimum absolute atomic E-state index is 0.00893. The number of aromatic amines is 2. The summed E-state index contributed by atoms with van der Waals surface area (Å²) in [6.45, 7) is 1.41. The van der Waals surface area contributed by atoms with Gasteiger partial charge in [-0.05, 0) is 60.1 Å². The number of para-hydroxylation sites is 1. The molecule has 25 heteroatoms. The molecule has 1 fully saturated rings. The van der Waals surface area contributed by atoms with Crippen LogP contribution in [0, 0.1) is 10.8 Å². The molecule has 0 spiro atoms. The van der Waals surface area contributed by atoms with Crippen LogP contribution in [0.1, 0.15) is 62.3 Å². The first-order valence-electron chi connectivity index (χ1n) is 25.0. The van der Waals surface area contributed by atoms with Crippen molar-refractivity contribution in [3.63, 3.8) is 0 Å². The number of carbonyl (C=O) groups is 8. The lowest BCUT2D eigenvalue weighted by Crippen LogP contribution is -2.60. The first-order valence-corrected chi connectivity index (χ1v) is 25.0. The van der Waals surface area contributed by atoms with Crippen molar-refractivity contribution in [2.24, 2.45) is 11.5 Å². The zero-order chi connectivity index (χ0) is 54.6. The first kappa shape index (κ1) is 56.3. The SMILES string of the molecule is CC(=O)N[C@H](CCCNC(=N)N)C(=O)N[C@H]1CCC(=O)NCCNC(=O)[C@H](Cc2c[nH]c3ccccc23)NC(=O)[C@H](CCCNC(=N)N)NC(=O)C(Cc2ccc3ccccc3c2)NC(=O)[C@H](Cc2c[nH]cn2)NC1=O. The Kier molecular flexibility index (Phi) is 20.6. The Morgan fingerprint density at radius 3 is 2.05 bits per heavy atom.